The number of hydrogen-bond donors (Lipinski definition) is 3. The van der Waals surface area contributed by atoms with E-state index in [2.05, 4.69) is 16.1 Å². The van der Waals surface area contributed by atoms with Crippen LogP contribution in [0.15, 0.2) is 30.3 Å². The van der Waals surface area contributed by atoms with Crippen molar-refractivity contribution in [3.63, 3.8) is 0 Å². The molecule has 6 heteroatoms. The summed E-state index contributed by atoms with van der Waals surface area (Å²) in [5, 5.41) is 6.84. The maximum atomic E-state index is 11.6. The maximum Gasteiger partial charge on any atom is 0.323 e. The molecule has 3 rings (SSSR count). The summed E-state index contributed by atoms with van der Waals surface area (Å²) in [6, 6.07) is 9.15. The second-order valence-corrected chi connectivity index (χ2v) is 4.08. The van der Waals surface area contributed by atoms with E-state index in [1.165, 1.54) is 0 Å². The van der Waals surface area contributed by atoms with Gasteiger partial charge in [-0.3, -0.25) is 15.1 Å². The van der Waals surface area contributed by atoms with Gasteiger partial charge in [0.15, 0.2) is 0 Å². The van der Waals surface area contributed by atoms with Gasteiger partial charge in [0.2, 0.25) is 5.91 Å². The van der Waals surface area contributed by atoms with Gasteiger partial charge in [-0.15, -0.1) is 0 Å². The Hall–Kier alpha value is -2.08. The molecule has 0 aromatic heterocycles. The van der Waals surface area contributed by atoms with E-state index in [0.717, 1.165) is 5.69 Å². The molecule has 1 aromatic carbocycles. The number of urea groups is 1. The van der Waals surface area contributed by atoms with Gasteiger partial charge < -0.3 is 5.32 Å². The minimum atomic E-state index is -0.444. The van der Waals surface area contributed by atoms with Crippen LogP contribution in [0.3, 0.4) is 0 Å². The number of para-hydroxylation sites is 1. The molecule has 0 radical (unpaired) electrons. The molecule has 6 nitrogen and oxygen atoms in total. The summed E-state index contributed by atoms with van der Waals surface area (Å²) in [6.45, 7) is 0.520. The quantitative estimate of drug-likeness (QED) is 0.626. The highest BCUT2D eigenvalue weighted by atomic mass is 16.2. The van der Waals surface area contributed by atoms with Gasteiger partial charge in [-0.25, -0.2) is 10.2 Å². The van der Waals surface area contributed by atoms with E-state index in [1.54, 1.807) is 0 Å². The van der Waals surface area contributed by atoms with E-state index in [9.17, 15) is 9.59 Å². The first kappa shape index (κ1) is 10.1. The van der Waals surface area contributed by atoms with Crippen LogP contribution in [0, 0.1) is 5.92 Å². The summed E-state index contributed by atoms with van der Waals surface area (Å²) in [6.07, 6.45) is -0.321. The number of nitrogens with zero attached hydrogens (tertiary/aromatic N) is 1. The van der Waals surface area contributed by atoms with Gasteiger partial charge >= 0.3 is 6.03 Å². The van der Waals surface area contributed by atoms with Crippen LogP contribution in [0.2, 0.25) is 0 Å². The van der Waals surface area contributed by atoms with Crippen molar-refractivity contribution in [2.75, 3.05) is 11.6 Å². The lowest BCUT2D eigenvalue weighted by atomic mass is 10.1. The SMILES string of the molecule is O=C1NC(=O)C2CNN(c3ccccc3)C2N1. The van der Waals surface area contributed by atoms with Gasteiger partial charge in [0.25, 0.3) is 0 Å². The van der Waals surface area contributed by atoms with Crippen LogP contribution in [0.5, 0.6) is 0 Å². The first-order chi connectivity index (χ1) is 8.25. The van der Waals surface area contributed by atoms with Crippen molar-refractivity contribution in [2.24, 2.45) is 5.92 Å². The molecule has 0 bridgehead atoms. The lowest BCUT2D eigenvalue weighted by molar-refractivity contribution is -0.124. The lowest BCUT2D eigenvalue weighted by Crippen LogP contribution is -2.61. The van der Waals surface area contributed by atoms with Crippen LogP contribution >= 0.6 is 0 Å². The highest BCUT2D eigenvalue weighted by Gasteiger charge is 2.43. The van der Waals surface area contributed by atoms with E-state index in [1.807, 2.05) is 35.3 Å². The first-order valence-electron chi connectivity index (χ1n) is 5.45. The van der Waals surface area contributed by atoms with Gasteiger partial charge in [0.05, 0.1) is 11.6 Å². The van der Waals surface area contributed by atoms with E-state index in [0.29, 0.717) is 6.54 Å². The van der Waals surface area contributed by atoms with Gasteiger partial charge in [0, 0.05) is 6.54 Å². The summed E-state index contributed by atoms with van der Waals surface area (Å²) in [5.74, 6) is -0.488. The Kier molecular flexibility index (Phi) is 2.22. The second kappa shape index (κ2) is 3.74. The van der Waals surface area contributed by atoms with E-state index in [4.69, 9.17) is 0 Å². The summed E-state index contributed by atoms with van der Waals surface area (Å²) in [4.78, 5) is 22.9. The van der Waals surface area contributed by atoms with Crippen molar-refractivity contribution in [3.05, 3.63) is 30.3 Å². The van der Waals surface area contributed by atoms with Crippen molar-refractivity contribution in [1.82, 2.24) is 16.1 Å². The minimum absolute atomic E-state index is 0.232. The molecule has 2 unspecified atom stereocenters. The number of fused-ring (bicyclic) bond motifs is 1. The highest BCUT2D eigenvalue weighted by Crippen LogP contribution is 2.23. The molecular weight excluding hydrogens is 220 g/mol. The Labute approximate surface area is 97.9 Å². The van der Waals surface area contributed by atoms with Crippen molar-refractivity contribution in [3.8, 4) is 0 Å². The van der Waals surface area contributed by atoms with Crippen LogP contribution in [0.25, 0.3) is 0 Å². The zero-order chi connectivity index (χ0) is 11.8. The molecule has 2 aliphatic heterocycles. The zero-order valence-corrected chi connectivity index (χ0v) is 9.01. The standard InChI is InChI=1S/C11H12N4O2/c16-10-8-6-12-15(7-4-2-1-3-5-7)9(8)13-11(17)14-10/h1-5,8-9,12H,6H2,(H2,13,14,16,17). The van der Waals surface area contributed by atoms with Crippen molar-refractivity contribution in [2.45, 2.75) is 6.17 Å². The fourth-order valence-corrected chi connectivity index (χ4v) is 2.20. The third kappa shape index (κ3) is 1.62. The van der Waals surface area contributed by atoms with E-state index < -0.39 is 6.03 Å². The topological polar surface area (TPSA) is 73.5 Å². The first-order valence-corrected chi connectivity index (χ1v) is 5.45. The zero-order valence-electron chi connectivity index (χ0n) is 9.01. The average molecular weight is 232 g/mol. The maximum absolute atomic E-state index is 11.6. The van der Waals surface area contributed by atoms with Crippen LogP contribution in [0.1, 0.15) is 0 Å². The lowest BCUT2D eigenvalue weighted by Gasteiger charge is -2.31. The van der Waals surface area contributed by atoms with Gasteiger partial charge in [-0.05, 0) is 12.1 Å². The predicted molar refractivity (Wildman–Crippen MR) is 60.9 cm³/mol. The van der Waals surface area contributed by atoms with Crippen molar-refractivity contribution in [1.29, 1.82) is 0 Å². The number of rotatable bonds is 1. The molecule has 0 saturated carbocycles. The van der Waals surface area contributed by atoms with Crippen LogP contribution in [-0.4, -0.2) is 24.6 Å². The number of carbonyl (C=O) groups excluding carboxylic acids is 2. The van der Waals surface area contributed by atoms with Crippen LogP contribution in [-0.2, 0) is 4.79 Å². The number of carbonyl (C=O) groups is 2. The molecule has 1 aromatic rings. The van der Waals surface area contributed by atoms with E-state index >= 15 is 0 Å². The molecule has 3 N–H and O–H groups in total. The number of amides is 3. The smallest absolute Gasteiger partial charge is 0.315 e. The van der Waals surface area contributed by atoms with Gasteiger partial charge in [-0.2, -0.15) is 0 Å². The average Bonchev–Trinajstić information content (AvgIpc) is 2.74. The number of nitrogens with one attached hydrogen (secondary N) is 3. The fraction of sp³-hybridized carbons (Fsp3) is 0.273. The largest absolute Gasteiger partial charge is 0.323 e. The summed E-state index contributed by atoms with van der Waals surface area (Å²) in [7, 11) is 0. The predicted octanol–water partition coefficient (Wildman–Crippen LogP) is -0.207. The number of hydrogen-bond acceptors (Lipinski definition) is 4. The number of imide groups is 1. The number of anilines is 1. The van der Waals surface area contributed by atoms with Crippen molar-refractivity contribution < 1.29 is 9.59 Å². The second-order valence-electron chi connectivity index (χ2n) is 4.08. The Balaban J connectivity index is 1.89. The highest BCUT2D eigenvalue weighted by molar-refractivity contribution is 5.99. The molecular formula is C11H12N4O2. The summed E-state index contributed by atoms with van der Waals surface area (Å²) >= 11 is 0. The Morgan fingerprint density at radius 3 is 2.71 bits per heavy atom. The molecule has 0 aliphatic carbocycles. The Morgan fingerprint density at radius 1 is 1.18 bits per heavy atom. The molecule has 0 spiro atoms. The third-order valence-electron chi connectivity index (χ3n) is 3.03. The molecule has 3 amide bonds. The molecule has 17 heavy (non-hydrogen) atoms. The molecule has 2 saturated heterocycles. The minimum Gasteiger partial charge on any atom is -0.315 e. The Morgan fingerprint density at radius 2 is 1.94 bits per heavy atom. The van der Waals surface area contributed by atoms with Gasteiger partial charge in [-0.1, -0.05) is 18.2 Å². The number of hydrazine groups is 1. The van der Waals surface area contributed by atoms with Gasteiger partial charge in [0.1, 0.15) is 6.17 Å². The fourth-order valence-electron chi connectivity index (χ4n) is 2.20. The Bertz CT molecular complexity index is 462. The summed E-state index contributed by atoms with van der Waals surface area (Å²) in [5.41, 5.74) is 4.05. The molecule has 2 atom stereocenters. The monoisotopic (exact) mass is 232 g/mol. The molecule has 2 fully saturated rings. The normalized spacial score (nSPS) is 27.4. The van der Waals surface area contributed by atoms with E-state index in [-0.39, 0.29) is 18.0 Å². The van der Waals surface area contributed by atoms with Crippen molar-refractivity contribution >= 4 is 17.6 Å². The van der Waals surface area contributed by atoms with Crippen LogP contribution in [0.4, 0.5) is 10.5 Å². The van der Waals surface area contributed by atoms with Crippen LogP contribution < -0.4 is 21.1 Å². The summed E-state index contributed by atoms with van der Waals surface area (Å²) < 4.78 is 0. The molecule has 88 valence electrons. The number of benzene rings is 1. The molecule has 2 aliphatic rings. The third-order valence-corrected chi connectivity index (χ3v) is 3.03. The molecule has 2 heterocycles.